The number of carbonyl (C=O) groups is 1. The van der Waals surface area contributed by atoms with Crippen LogP contribution in [0.3, 0.4) is 0 Å². The Hall–Kier alpha value is -1.49. The number of rotatable bonds is 3. The summed E-state index contributed by atoms with van der Waals surface area (Å²) in [7, 11) is 0. The molecule has 2 aromatic rings. The van der Waals surface area contributed by atoms with Crippen LogP contribution < -0.4 is 4.74 Å². The molecule has 20 heavy (non-hydrogen) atoms. The third-order valence-corrected chi connectivity index (χ3v) is 3.06. The van der Waals surface area contributed by atoms with E-state index in [9.17, 15) is 9.18 Å². The van der Waals surface area contributed by atoms with E-state index in [4.69, 9.17) is 44.6 Å². The minimum absolute atomic E-state index is 0.0418. The van der Waals surface area contributed by atoms with E-state index in [1.54, 1.807) is 0 Å². The second-order valence-corrected chi connectivity index (χ2v) is 5.03. The van der Waals surface area contributed by atoms with Gasteiger partial charge in [0.1, 0.15) is 17.1 Å². The van der Waals surface area contributed by atoms with E-state index in [2.05, 4.69) is 0 Å². The molecule has 0 aliphatic heterocycles. The van der Waals surface area contributed by atoms with Crippen LogP contribution in [-0.4, -0.2) is 11.1 Å². The topological polar surface area (TPSA) is 46.5 Å². The lowest BCUT2D eigenvalue weighted by Crippen LogP contribution is -2.04. The maximum atomic E-state index is 13.6. The van der Waals surface area contributed by atoms with Crippen molar-refractivity contribution in [2.45, 2.75) is 0 Å². The van der Waals surface area contributed by atoms with Crippen LogP contribution in [0.1, 0.15) is 10.4 Å². The van der Waals surface area contributed by atoms with E-state index in [0.717, 1.165) is 6.07 Å². The van der Waals surface area contributed by atoms with Crippen molar-refractivity contribution in [3.8, 4) is 11.5 Å². The quantitative estimate of drug-likeness (QED) is 0.830. The van der Waals surface area contributed by atoms with Crippen molar-refractivity contribution in [1.82, 2.24) is 0 Å². The Kier molecular flexibility index (Phi) is 4.38. The largest absolute Gasteiger partial charge is 0.477 e. The molecule has 0 heterocycles. The molecule has 0 aromatic heterocycles. The lowest BCUT2D eigenvalue weighted by atomic mass is 10.2. The number of carboxylic acids is 1. The number of halogens is 4. The summed E-state index contributed by atoms with van der Waals surface area (Å²) in [5, 5.41) is 9.56. The zero-order chi connectivity index (χ0) is 14.9. The molecule has 7 heteroatoms. The Balaban J connectivity index is 2.53. The van der Waals surface area contributed by atoms with Crippen molar-refractivity contribution in [3.63, 3.8) is 0 Å². The molecule has 0 saturated carbocycles. The molecule has 0 unspecified atom stereocenters. The molecule has 0 amide bonds. The fourth-order valence-corrected chi connectivity index (χ4v) is 2.24. The fourth-order valence-electron chi connectivity index (χ4n) is 1.54. The van der Waals surface area contributed by atoms with E-state index in [0.29, 0.717) is 0 Å². The number of aromatic carboxylic acids is 1. The molecule has 0 aliphatic carbocycles. The first-order chi connectivity index (χ1) is 9.38. The minimum Gasteiger partial charge on any atom is -0.477 e. The van der Waals surface area contributed by atoms with Crippen LogP contribution in [0.15, 0.2) is 30.3 Å². The van der Waals surface area contributed by atoms with Gasteiger partial charge in [0.15, 0.2) is 5.75 Å². The Morgan fingerprint density at radius 3 is 2.25 bits per heavy atom. The summed E-state index contributed by atoms with van der Waals surface area (Å²) < 4.78 is 18.9. The van der Waals surface area contributed by atoms with E-state index >= 15 is 0 Å². The average Bonchev–Trinajstić information content (AvgIpc) is 2.32. The number of benzene rings is 2. The van der Waals surface area contributed by atoms with E-state index < -0.39 is 17.3 Å². The molecule has 1 N–H and O–H groups in total. The Bertz CT molecular complexity index is 669. The van der Waals surface area contributed by atoms with Gasteiger partial charge in [-0.2, -0.15) is 0 Å². The first-order valence-corrected chi connectivity index (χ1v) is 6.37. The van der Waals surface area contributed by atoms with Crippen LogP contribution in [0.25, 0.3) is 0 Å². The molecule has 104 valence electrons. The lowest BCUT2D eigenvalue weighted by molar-refractivity contribution is 0.0689. The minimum atomic E-state index is -1.49. The predicted octanol–water partition coefficient (Wildman–Crippen LogP) is 5.28. The van der Waals surface area contributed by atoms with Crippen LogP contribution in [0, 0.1) is 5.82 Å². The molecule has 0 saturated heterocycles. The molecule has 0 radical (unpaired) electrons. The number of ether oxygens (including phenoxy) is 1. The summed E-state index contributed by atoms with van der Waals surface area (Å²) in [5.41, 5.74) is -0.659. The Morgan fingerprint density at radius 1 is 1.10 bits per heavy atom. The van der Waals surface area contributed by atoms with Gasteiger partial charge in [0, 0.05) is 10.0 Å². The molecule has 0 atom stereocenters. The molecule has 0 fully saturated rings. The molecule has 0 bridgehead atoms. The summed E-state index contributed by atoms with van der Waals surface area (Å²) in [6.07, 6.45) is 0. The van der Waals surface area contributed by atoms with Crippen LogP contribution in [-0.2, 0) is 0 Å². The van der Waals surface area contributed by atoms with Gasteiger partial charge in [0.05, 0.1) is 5.02 Å². The SMILES string of the molecule is O=C(O)c1c(F)ccc(Cl)c1Oc1cc(Cl)cc(Cl)c1. The van der Waals surface area contributed by atoms with Crippen molar-refractivity contribution < 1.29 is 19.0 Å². The number of hydrogen-bond donors (Lipinski definition) is 1. The van der Waals surface area contributed by atoms with Crippen LogP contribution >= 0.6 is 34.8 Å². The first kappa shape index (κ1) is 14.9. The number of hydrogen-bond acceptors (Lipinski definition) is 2. The molecule has 2 aromatic carbocycles. The van der Waals surface area contributed by atoms with Crippen LogP contribution in [0.2, 0.25) is 15.1 Å². The van der Waals surface area contributed by atoms with Gasteiger partial charge in [-0.15, -0.1) is 0 Å². The maximum Gasteiger partial charge on any atom is 0.342 e. The smallest absolute Gasteiger partial charge is 0.342 e. The van der Waals surface area contributed by atoms with Gasteiger partial charge >= 0.3 is 5.97 Å². The highest BCUT2D eigenvalue weighted by molar-refractivity contribution is 6.35. The highest BCUT2D eigenvalue weighted by Gasteiger charge is 2.21. The molecular weight excluding hydrogens is 329 g/mol. The second-order valence-electron chi connectivity index (χ2n) is 3.75. The molecule has 0 aliphatic rings. The summed E-state index contributed by atoms with van der Waals surface area (Å²) in [5.74, 6) is -2.60. The monoisotopic (exact) mass is 334 g/mol. The van der Waals surface area contributed by atoms with Gasteiger partial charge in [-0.25, -0.2) is 9.18 Å². The molecule has 2 rings (SSSR count). The Labute approximate surface area is 128 Å². The highest BCUT2D eigenvalue weighted by Crippen LogP contribution is 2.36. The van der Waals surface area contributed by atoms with E-state index in [1.807, 2.05) is 0 Å². The maximum absolute atomic E-state index is 13.6. The predicted molar refractivity (Wildman–Crippen MR) is 74.9 cm³/mol. The van der Waals surface area contributed by atoms with Crippen molar-refractivity contribution in [1.29, 1.82) is 0 Å². The van der Waals surface area contributed by atoms with Crippen molar-refractivity contribution in [3.05, 3.63) is 56.8 Å². The second kappa shape index (κ2) is 5.87. The van der Waals surface area contributed by atoms with Gasteiger partial charge in [0.25, 0.3) is 0 Å². The standard InChI is InChI=1S/C13H6Cl3FO3/c14-6-3-7(15)5-8(4-6)20-12-9(16)1-2-10(17)11(12)13(18)19/h1-5H,(H,18,19). The van der Waals surface area contributed by atoms with Gasteiger partial charge in [-0.3, -0.25) is 0 Å². The van der Waals surface area contributed by atoms with Gasteiger partial charge < -0.3 is 9.84 Å². The fraction of sp³-hybridized carbons (Fsp3) is 0. The lowest BCUT2D eigenvalue weighted by Gasteiger charge is -2.11. The van der Waals surface area contributed by atoms with Crippen molar-refractivity contribution in [2.75, 3.05) is 0 Å². The first-order valence-electron chi connectivity index (χ1n) is 5.23. The normalized spacial score (nSPS) is 10.4. The van der Waals surface area contributed by atoms with Gasteiger partial charge in [-0.1, -0.05) is 34.8 Å². The van der Waals surface area contributed by atoms with E-state index in [1.165, 1.54) is 24.3 Å². The highest BCUT2D eigenvalue weighted by atomic mass is 35.5. The number of carboxylic acid groups (broad SMARTS) is 1. The van der Waals surface area contributed by atoms with Gasteiger partial charge in [-0.05, 0) is 30.3 Å². The third-order valence-electron chi connectivity index (χ3n) is 2.33. The molecule has 3 nitrogen and oxygen atoms in total. The zero-order valence-electron chi connectivity index (χ0n) is 9.66. The van der Waals surface area contributed by atoms with Gasteiger partial charge in [0.2, 0.25) is 0 Å². The average molecular weight is 336 g/mol. The zero-order valence-corrected chi connectivity index (χ0v) is 11.9. The van der Waals surface area contributed by atoms with E-state index in [-0.39, 0.29) is 26.6 Å². The van der Waals surface area contributed by atoms with Crippen LogP contribution in [0.4, 0.5) is 4.39 Å². The summed E-state index contributed by atoms with van der Waals surface area (Å²) in [4.78, 5) is 11.1. The van der Waals surface area contributed by atoms with Crippen molar-refractivity contribution >= 4 is 40.8 Å². The summed E-state index contributed by atoms with van der Waals surface area (Å²) in [6.45, 7) is 0. The van der Waals surface area contributed by atoms with Crippen molar-refractivity contribution in [2.24, 2.45) is 0 Å². The summed E-state index contributed by atoms with van der Waals surface area (Å²) in [6, 6.07) is 6.43. The molecule has 0 spiro atoms. The summed E-state index contributed by atoms with van der Waals surface area (Å²) >= 11 is 17.5. The Morgan fingerprint density at radius 2 is 1.70 bits per heavy atom. The molecular formula is C13H6Cl3FO3. The van der Waals surface area contributed by atoms with Crippen LogP contribution in [0.5, 0.6) is 11.5 Å². The third kappa shape index (κ3) is 3.15.